The predicted octanol–water partition coefficient (Wildman–Crippen LogP) is 6.02. The SMILES string of the molecule is C=C(CC)c1cccc2cc(O)cc(-c3nc4c5c(nc(OC[C@@]67CCCN6C[C@@H](F)C7)nc5c3F)N3CC(CC)NC[C@@H]3CO4)c12. The van der Waals surface area contributed by atoms with Crippen LogP contribution in [0, 0.1) is 5.82 Å². The number of fused-ring (bicyclic) bond motifs is 4. The molecule has 8 rings (SSSR count). The van der Waals surface area contributed by atoms with Crippen molar-refractivity contribution in [3.05, 3.63) is 48.3 Å². The number of aromatic nitrogens is 3. The number of piperazine rings is 1. The number of hydrogen-bond donors (Lipinski definition) is 2. The Balaban J connectivity index is 1.33. The molecule has 246 valence electrons. The smallest absolute Gasteiger partial charge is 0.319 e. The van der Waals surface area contributed by atoms with E-state index < -0.39 is 17.5 Å². The van der Waals surface area contributed by atoms with Crippen molar-refractivity contribution in [3.8, 4) is 28.9 Å². The third-order valence-corrected chi connectivity index (χ3v) is 10.6. The fourth-order valence-corrected chi connectivity index (χ4v) is 8.11. The number of alkyl halides is 1. The van der Waals surface area contributed by atoms with E-state index in [0.29, 0.717) is 55.9 Å². The highest BCUT2D eigenvalue weighted by Crippen LogP contribution is 2.45. The highest BCUT2D eigenvalue weighted by molar-refractivity contribution is 6.06. The van der Waals surface area contributed by atoms with Crippen molar-refractivity contribution in [1.82, 2.24) is 25.2 Å². The molecule has 3 fully saturated rings. The van der Waals surface area contributed by atoms with E-state index in [4.69, 9.17) is 19.4 Å². The fraction of sp³-hybridized carbons (Fsp3) is 0.472. The first-order valence-electron chi connectivity index (χ1n) is 16.8. The average Bonchev–Trinajstić information content (AvgIpc) is 3.56. The quantitative estimate of drug-likeness (QED) is 0.251. The van der Waals surface area contributed by atoms with Crippen LogP contribution in [-0.2, 0) is 0 Å². The van der Waals surface area contributed by atoms with E-state index >= 15 is 4.39 Å². The minimum atomic E-state index is -0.898. The van der Waals surface area contributed by atoms with Gasteiger partial charge in [-0.05, 0) is 66.3 Å². The molecule has 0 spiro atoms. The third kappa shape index (κ3) is 4.97. The summed E-state index contributed by atoms with van der Waals surface area (Å²) in [4.78, 5) is 18.7. The van der Waals surface area contributed by atoms with Crippen molar-refractivity contribution < 1.29 is 23.4 Å². The first-order valence-corrected chi connectivity index (χ1v) is 16.8. The molecule has 47 heavy (non-hydrogen) atoms. The molecule has 0 bridgehead atoms. The molecule has 4 aliphatic rings. The number of anilines is 1. The summed E-state index contributed by atoms with van der Waals surface area (Å²) in [6, 6.07) is 9.13. The molecule has 0 aliphatic carbocycles. The van der Waals surface area contributed by atoms with Gasteiger partial charge in [-0.1, -0.05) is 38.6 Å². The molecule has 0 saturated carbocycles. The highest BCUT2D eigenvalue weighted by atomic mass is 19.1. The van der Waals surface area contributed by atoms with E-state index in [1.807, 2.05) is 25.1 Å². The summed E-state index contributed by atoms with van der Waals surface area (Å²) in [5, 5.41) is 16.3. The second kappa shape index (κ2) is 11.6. The van der Waals surface area contributed by atoms with Crippen LogP contribution in [-0.4, -0.2) is 88.1 Å². The molecule has 0 amide bonds. The van der Waals surface area contributed by atoms with Crippen LogP contribution in [0.15, 0.2) is 36.9 Å². The summed E-state index contributed by atoms with van der Waals surface area (Å²) in [5.74, 6) is 0.0943. The van der Waals surface area contributed by atoms with Gasteiger partial charge < -0.3 is 24.8 Å². The number of halogens is 2. The lowest BCUT2D eigenvalue weighted by Crippen LogP contribution is -2.58. The molecule has 6 heterocycles. The van der Waals surface area contributed by atoms with Crippen LogP contribution in [0.1, 0.15) is 51.5 Å². The van der Waals surface area contributed by atoms with Crippen molar-refractivity contribution in [1.29, 1.82) is 0 Å². The van der Waals surface area contributed by atoms with Gasteiger partial charge in [0, 0.05) is 37.7 Å². The van der Waals surface area contributed by atoms with Gasteiger partial charge in [0.05, 0.1) is 11.6 Å². The summed E-state index contributed by atoms with van der Waals surface area (Å²) in [5.41, 5.74) is 1.80. The number of benzene rings is 2. The van der Waals surface area contributed by atoms with Crippen LogP contribution in [0.25, 0.3) is 38.5 Å². The van der Waals surface area contributed by atoms with Gasteiger partial charge in [0.2, 0.25) is 5.88 Å². The van der Waals surface area contributed by atoms with Crippen LogP contribution in [0.2, 0.25) is 0 Å². The predicted molar refractivity (Wildman–Crippen MR) is 178 cm³/mol. The first-order chi connectivity index (χ1) is 22.8. The van der Waals surface area contributed by atoms with Gasteiger partial charge in [0.15, 0.2) is 5.82 Å². The van der Waals surface area contributed by atoms with Crippen molar-refractivity contribution >= 4 is 33.1 Å². The molecule has 0 radical (unpaired) electrons. The largest absolute Gasteiger partial charge is 0.508 e. The Morgan fingerprint density at radius 1 is 1.19 bits per heavy atom. The number of phenolic OH excluding ortho intramolecular Hbond substituents is 1. The third-order valence-electron chi connectivity index (χ3n) is 10.6. The van der Waals surface area contributed by atoms with Gasteiger partial charge in [-0.25, -0.2) is 13.8 Å². The topological polar surface area (TPSA) is 95.9 Å². The molecule has 3 saturated heterocycles. The Morgan fingerprint density at radius 3 is 2.89 bits per heavy atom. The van der Waals surface area contributed by atoms with E-state index in [-0.39, 0.29) is 47.5 Å². The van der Waals surface area contributed by atoms with Crippen molar-refractivity contribution in [3.63, 3.8) is 0 Å². The number of phenols is 1. The van der Waals surface area contributed by atoms with E-state index in [2.05, 4.69) is 33.6 Å². The summed E-state index contributed by atoms with van der Waals surface area (Å²) in [6.45, 7) is 11.5. The Labute approximate surface area is 272 Å². The minimum Gasteiger partial charge on any atom is -0.508 e. The molecule has 9 nitrogen and oxygen atoms in total. The van der Waals surface area contributed by atoms with Crippen molar-refractivity contribution in [2.75, 3.05) is 44.3 Å². The lowest BCUT2D eigenvalue weighted by molar-refractivity contribution is 0.107. The maximum Gasteiger partial charge on any atom is 0.319 e. The van der Waals surface area contributed by atoms with Crippen LogP contribution < -0.4 is 19.7 Å². The van der Waals surface area contributed by atoms with Crippen LogP contribution in [0.5, 0.6) is 17.6 Å². The van der Waals surface area contributed by atoms with E-state index in [1.165, 1.54) is 6.07 Å². The van der Waals surface area contributed by atoms with Gasteiger partial charge >= 0.3 is 6.01 Å². The number of rotatable bonds is 7. The van der Waals surface area contributed by atoms with Gasteiger partial charge in [-0.15, -0.1) is 0 Å². The Morgan fingerprint density at radius 2 is 2.06 bits per heavy atom. The molecular formula is C36H40F2N6O3. The molecule has 2 N–H and O–H groups in total. The van der Waals surface area contributed by atoms with E-state index in [1.54, 1.807) is 6.07 Å². The zero-order valence-corrected chi connectivity index (χ0v) is 26.9. The van der Waals surface area contributed by atoms with Gasteiger partial charge in [-0.3, -0.25) is 4.90 Å². The van der Waals surface area contributed by atoms with Gasteiger partial charge in [0.25, 0.3) is 0 Å². The number of nitrogens with zero attached hydrogens (tertiary/aromatic N) is 5. The standard InChI is InChI=1S/C36H40F2N6O3/c1-4-20(3)26-9-6-8-21-12-25(45)13-27(28(21)26)31-30(38)32-29-33(44-17-23(5-2)39-15-24(44)18-46-34(29)40-31)42-35(41-32)47-19-36-10-7-11-43(36)16-22(37)14-36/h6,8-9,12-13,22-24,39,45H,3-5,7,10-11,14-19H2,1-2H3/t22-,23?,24+,36-/m0/s1. The maximum atomic E-state index is 17.2. The van der Waals surface area contributed by atoms with Crippen LogP contribution >= 0.6 is 0 Å². The monoisotopic (exact) mass is 642 g/mol. The minimum absolute atomic E-state index is 0.0100. The Bertz CT molecular complexity index is 1900. The average molecular weight is 643 g/mol. The lowest BCUT2D eigenvalue weighted by atomic mass is 9.92. The number of hydrogen-bond acceptors (Lipinski definition) is 9. The van der Waals surface area contributed by atoms with Crippen molar-refractivity contribution in [2.24, 2.45) is 0 Å². The zero-order valence-electron chi connectivity index (χ0n) is 26.9. The van der Waals surface area contributed by atoms with Gasteiger partial charge in [-0.2, -0.15) is 9.97 Å². The number of allylic oxidation sites excluding steroid dienone is 1. The number of nitrogens with one attached hydrogen (secondary N) is 1. The zero-order chi connectivity index (χ0) is 32.4. The molecule has 2 aromatic heterocycles. The second-order valence-electron chi connectivity index (χ2n) is 13.5. The van der Waals surface area contributed by atoms with Crippen LogP contribution in [0.3, 0.4) is 0 Å². The fourth-order valence-electron chi connectivity index (χ4n) is 8.11. The Kier molecular flexibility index (Phi) is 7.44. The molecule has 2 aromatic carbocycles. The molecule has 11 heteroatoms. The highest BCUT2D eigenvalue weighted by Gasteiger charge is 2.49. The lowest BCUT2D eigenvalue weighted by Gasteiger charge is -2.39. The van der Waals surface area contributed by atoms with Crippen molar-refractivity contribution in [2.45, 2.75) is 69.7 Å². The van der Waals surface area contributed by atoms with E-state index in [0.717, 1.165) is 47.7 Å². The molecular weight excluding hydrogens is 602 g/mol. The molecule has 4 atom stereocenters. The summed E-state index contributed by atoms with van der Waals surface area (Å²) < 4.78 is 44.4. The normalized spacial score (nSPS) is 25.4. The number of ether oxygens (including phenoxy) is 2. The molecule has 4 aromatic rings. The summed E-state index contributed by atoms with van der Waals surface area (Å²) in [7, 11) is 0. The van der Waals surface area contributed by atoms with E-state index in [9.17, 15) is 9.50 Å². The first kappa shape index (κ1) is 30.3. The van der Waals surface area contributed by atoms with Crippen LogP contribution in [0.4, 0.5) is 14.6 Å². The summed E-state index contributed by atoms with van der Waals surface area (Å²) >= 11 is 0. The maximum absolute atomic E-state index is 17.2. The molecule has 1 unspecified atom stereocenters. The second-order valence-corrected chi connectivity index (χ2v) is 13.5. The molecule has 4 aliphatic heterocycles. The Hall–Kier alpha value is -4.09. The summed E-state index contributed by atoms with van der Waals surface area (Å²) in [6.07, 6.45) is 2.94. The van der Waals surface area contributed by atoms with Gasteiger partial charge in [0.1, 0.15) is 47.5 Å². The number of aromatic hydroxyl groups is 1. The number of pyridine rings is 1.